The molecule has 7 nitrogen and oxygen atoms in total. The number of halogens is 1. The monoisotopic (exact) mass is 405 g/mol. The number of esters is 1. The van der Waals surface area contributed by atoms with Crippen LogP contribution < -0.4 is 15.8 Å². The fourth-order valence-corrected chi connectivity index (χ4v) is 3.43. The zero-order valence-electron chi connectivity index (χ0n) is 15.6. The Balaban J connectivity index is 1.71. The van der Waals surface area contributed by atoms with Crippen LogP contribution in [-0.4, -0.2) is 22.8 Å². The van der Waals surface area contributed by atoms with Crippen LogP contribution in [-0.2, 0) is 9.59 Å². The number of hydrogen-bond acceptors (Lipinski definition) is 5. The molecule has 0 spiro atoms. The number of primary amides is 1. The topological polar surface area (TPSA) is 111 Å². The second-order valence-corrected chi connectivity index (χ2v) is 6.74. The molecule has 0 fully saturated rings. The van der Waals surface area contributed by atoms with E-state index in [0.717, 1.165) is 0 Å². The molecule has 0 saturated heterocycles. The first-order valence-corrected chi connectivity index (χ1v) is 9.08. The van der Waals surface area contributed by atoms with Crippen molar-refractivity contribution in [3.05, 3.63) is 83.6 Å². The van der Waals surface area contributed by atoms with Gasteiger partial charge in [0.1, 0.15) is 17.3 Å². The molecule has 0 radical (unpaired) electrons. The number of carbonyl (C=O) groups excluding carboxylic acids is 3. The van der Waals surface area contributed by atoms with Crippen LogP contribution in [0.25, 0.3) is 10.8 Å². The van der Waals surface area contributed by atoms with E-state index in [1.165, 1.54) is 42.7 Å². The first-order valence-electron chi connectivity index (χ1n) is 9.08. The maximum absolute atomic E-state index is 13.3. The molecule has 2 heterocycles. The summed E-state index contributed by atoms with van der Waals surface area (Å²) in [4.78, 5) is 40.7. The Bertz CT molecular complexity index is 1200. The summed E-state index contributed by atoms with van der Waals surface area (Å²) < 4.78 is 18.9. The lowest BCUT2D eigenvalue weighted by Crippen LogP contribution is -2.31. The van der Waals surface area contributed by atoms with Crippen LogP contribution in [0.5, 0.6) is 5.75 Å². The fourth-order valence-electron chi connectivity index (χ4n) is 3.43. The van der Waals surface area contributed by atoms with E-state index in [1.807, 2.05) is 0 Å². The van der Waals surface area contributed by atoms with Crippen LogP contribution in [0.4, 0.5) is 4.39 Å². The molecule has 1 aliphatic rings. The number of carbonyl (C=O) groups is 3. The van der Waals surface area contributed by atoms with Crippen molar-refractivity contribution in [3.63, 3.8) is 0 Å². The lowest BCUT2D eigenvalue weighted by Gasteiger charge is -2.23. The van der Waals surface area contributed by atoms with Crippen molar-refractivity contribution in [3.8, 4) is 5.75 Å². The highest BCUT2D eigenvalue weighted by molar-refractivity contribution is 6.08. The van der Waals surface area contributed by atoms with E-state index in [4.69, 9.17) is 10.5 Å². The van der Waals surface area contributed by atoms with E-state index in [1.54, 1.807) is 18.2 Å². The second-order valence-electron chi connectivity index (χ2n) is 6.74. The normalized spacial score (nSPS) is 16.0. The number of ether oxygens (including phenoxy) is 1. The Morgan fingerprint density at radius 1 is 1.13 bits per heavy atom. The van der Waals surface area contributed by atoms with Crippen molar-refractivity contribution in [2.75, 3.05) is 0 Å². The second kappa shape index (κ2) is 7.75. The Labute approximate surface area is 170 Å². The average molecular weight is 405 g/mol. The minimum absolute atomic E-state index is 0.0101. The molecule has 1 atom stereocenters. The molecule has 0 aliphatic carbocycles. The van der Waals surface area contributed by atoms with Gasteiger partial charge in [0, 0.05) is 24.7 Å². The minimum Gasteiger partial charge on any atom is -0.422 e. The molecular weight excluding hydrogens is 389 g/mol. The highest BCUT2D eigenvalue weighted by Crippen LogP contribution is 2.33. The van der Waals surface area contributed by atoms with Crippen LogP contribution in [0.3, 0.4) is 0 Å². The van der Waals surface area contributed by atoms with E-state index in [9.17, 15) is 18.8 Å². The summed E-state index contributed by atoms with van der Waals surface area (Å²) in [5.41, 5.74) is 6.20. The summed E-state index contributed by atoms with van der Waals surface area (Å²) in [7, 11) is 0. The van der Waals surface area contributed by atoms with Crippen molar-refractivity contribution in [1.29, 1.82) is 0 Å². The number of nitrogens with zero attached hydrogens (tertiary/aromatic N) is 1. The number of rotatable bonds is 4. The zero-order chi connectivity index (χ0) is 21.3. The Morgan fingerprint density at radius 3 is 2.63 bits per heavy atom. The van der Waals surface area contributed by atoms with Gasteiger partial charge in [-0.15, -0.1) is 0 Å². The summed E-state index contributed by atoms with van der Waals surface area (Å²) in [6, 6.07) is 12.2. The van der Waals surface area contributed by atoms with Gasteiger partial charge in [0.25, 0.3) is 5.91 Å². The molecule has 8 heteroatoms. The first-order chi connectivity index (χ1) is 14.4. The van der Waals surface area contributed by atoms with Gasteiger partial charge >= 0.3 is 5.97 Å². The molecule has 2 aromatic carbocycles. The third kappa shape index (κ3) is 3.62. The predicted molar refractivity (Wildman–Crippen MR) is 106 cm³/mol. The molecule has 3 aromatic rings. The van der Waals surface area contributed by atoms with E-state index < -0.39 is 23.6 Å². The maximum atomic E-state index is 13.3. The van der Waals surface area contributed by atoms with Gasteiger partial charge in [0.05, 0.1) is 11.0 Å². The third-order valence-electron chi connectivity index (χ3n) is 4.85. The van der Waals surface area contributed by atoms with Crippen molar-refractivity contribution in [2.24, 2.45) is 5.73 Å². The predicted octanol–water partition coefficient (Wildman–Crippen LogP) is 2.57. The molecule has 150 valence electrons. The number of fused-ring (bicyclic) bond motifs is 1. The highest BCUT2D eigenvalue weighted by atomic mass is 19.1. The number of nitrogens with two attached hydrogens (primary N) is 1. The van der Waals surface area contributed by atoms with Gasteiger partial charge in [-0.25, -0.2) is 9.18 Å². The quantitative estimate of drug-likeness (QED) is 0.512. The number of hydrogen-bond donors (Lipinski definition) is 2. The molecule has 0 saturated carbocycles. The van der Waals surface area contributed by atoms with Crippen LogP contribution >= 0.6 is 0 Å². The number of amides is 2. The lowest BCUT2D eigenvalue weighted by molar-refractivity contribution is -0.130. The number of benzene rings is 2. The molecule has 2 amide bonds. The summed E-state index contributed by atoms with van der Waals surface area (Å²) in [5.74, 6) is -2.64. The molecular formula is C22H16FN3O4. The molecule has 30 heavy (non-hydrogen) atoms. The van der Waals surface area contributed by atoms with Crippen molar-refractivity contribution in [2.45, 2.75) is 12.3 Å². The van der Waals surface area contributed by atoms with Crippen LogP contribution in [0, 0.1) is 5.82 Å². The van der Waals surface area contributed by atoms with Crippen molar-refractivity contribution in [1.82, 2.24) is 10.3 Å². The van der Waals surface area contributed by atoms with Gasteiger partial charge in [-0.1, -0.05) is 24.3 Å². The van der Waals surface area contributed by atoms with Gasteiger partial charge in [-0.2, -0.15) is 0 Å². The Hall–Kier alpha value is -4.07. The Morgan fingerprint density at radius 2 is 1.90 bits per heavy atom. The minimum atomic E-state index is -0.752. The van der Waals surface area contributed by atoms with Crippen LogP contribution in [0.15, 0.2) is 66.5 Å². The average Bonchev–Trinajstić information content (AvgIpc) is 2.74. The van der Waals surface area contributed by atoms with Crippen molar-refractivity contribution < 1.29 is 23.5 Å². The zero-order valence-corrected chi connectivity index (χ0v) is 15.6. The van der Waals surface area contributed by atoms with Gasteiger partial charge in [-0.3, -0.25) is 14.6 Å². The fraction of sp³-hybridized carbons (Fsp3) is 0.0909. The highest BCUT2D eigenvalue weighted by Gasteiger charge is 2.30. The van der Waals surface area contributed by atoms with E-state index in [2.05, 4.69) is 10.3 Å². The lowest BCUT2D eigenvalue weighted by atomic mass is 9.86. The van der Waals surface area contributed by atoms with Gasteiger partial charge < -0.3 is 15.8 Å². The SMILES string of the molecule is NC(=O)c1nccc2cccc(OC(=O)C3=CNC(=O)CC3c3ccc(F)cc3)c12. The van der Waals surface area contributed by atoms with E-state index in [0.29, 0.717) is 16.3 Å². The molecule has 0 bridgehead atoms. The molecule has 1 aliphatic heterocycles. The van der Waals surface area contributed by atoms with Crippen LogP contribution in [0.1, 0.15) is 28.4 Å². The first kappa shape index (κ1) is 19.3. The third-order valence-corrected chi connectivity index (χ3v) is 4.85. The molecule has 3 N–H and O–H groups in total. The van der Waals surface area contributed by atoms with Crippen LogP contribution in [0.2, 0.25) is 0 Å². The summed E-state index contributed by atoms with van der Waals surface area (Å²) in [6.45, 7) is 0. The summed E-state index contributed by atoms with van der Waals surface area (Å²) in [5, 5.41) is 3.46. The Kier molecular flexibility index (Phi) is 4.97. The number of pyridine rings is 1. The van der Waals surface area contributed by atoms with Crippen molar-refractivity contribution >= 4 is 28.6 Å². The molecule has 1 aromatic heterocycles. The molecule has 1 unspecified atom stereocenters. The maximum Gasteiger partial charge on any atom is 0.341 e. The van der Waals surface area contributed by atoms with Gasteiger partial charge in [0.15, 0.2) is 0 Å². The van der Waals surface area contributed by atoms with Gasteiger partial charge in [-0.05, 0) is 35.2 Å². The summed E-state index contributed by atoms with van der Waals surface area (Å²) in [6.07, 6.45) is 2.74. The standard InChI is InChI=1S/C22H16FN3O4/c23-14-6-4-12(5-7-14)15-10-18(27)26-11-16(15)22(29)30-17-3-1-2-13-8-9-25-20(19(13)17)21(24)28/h1-9,11,15H,10H2,(H2,24,28)(H,26,27). The van der Waals surface area contributed by atoms with Gasteiger partial charge in [0.2, 0.25) is 5.91 Å². The largest absolute Gasteiger partial charge is 0.422 e. The van der Waals surface area contributed by atoms with E-state index in [-0.39, 0.29) is 29.3 Å². The van der Waals surface area contributed by atoms with E-state index >= 15 is 0 Å². The smallest absolute Gasteiger partial charge is 0.341 e. The summed E-state index contributed by atoms with van der Waals surface area (Å²) >= 11 is 0. The number of aromatic nitrogens is 1. The number of nitrogens with one attached hydrogen (secondary N) is 1. The molecule has 4 rings (SSSR count).